The molecule has 1 unspecified atom stereocenters. The number of hydrogen-bond acceptors (Lipinski definition) is 3. The maximum absolute atomic E-state index is 5.16. The summed E-state index contributed by atoms with van der Waals surface area (Å²) < 4.78 is 0. The molecule has 0 N–H and O–H groups in total. The van der Waals surface area contributed by atoms with Crippen LogP contribution in [0.1, 0.15) is 57.2 Å². The summed E-state index contributed by atoms with van der Waals surface area (Å²) in [6, 6.07) is 41.8. The molecule has 0 aliphatic heterocycles. The van der Waals surface area contributed by atoms with E-state index < -0.39 is 0 Å². The Morgan fingerprint density at radius 3 is 1.76 bits per heavy atom. The summed E-state index contributed by atoms with van der Waals surface area (Å²) in [5, 5.41) is 2.61. The van der Waals surface area contributed by atoms with E-state index in [1.165, 1.54) is 41.3 Å². The van der Waals surface area contributed by atoms with Crippen molar-refractivity contribution in [3.8, 4) is 22.5 Å². The van der Waals surface area contributed by atoms with E-state index in [9.17, 15) is 0 Å². The van der Waals surface area contributed by atoms with Crippen LogP contribution in [0.2, 0.25) is 0 Å². The van der Waals surface area contributed by atoms with Crippen molar-refractivity contribution in [2.45, 2.75) is 52.6 Å². The van der Waals surface area contributed by atoms with Gasteiger partial charge in [-0.3, -0.25) is 4.90 Å². The summed E-state index contributed by atoms with van der Waals surface area (Å²) in [5.74, 6) is 0. The highest BCUT2D eigenvalue weighted by atomic mass is 15.2. The molecule has 3 nitrogen and oxygen atoms in total. The fourth-order valence-corrected chi connectivity index (χ4v) is 6.07. The third kappa shape index (κ3) is 7.53. The largest absolute Gasteiger partial charge is 0.304 e. The molecule has 1 atom stereocenters. The van der Waals surface area contributed by atoms with Gasteiger partial charge in [-0.1, -0.05) is 118 Å². The van der Waals surface area contributed by atoms with Crippen molar-refractivity contribution in [2.24, 2.45) is 0 Å². The van der Waals surface area contributed by atoms with E-state index in [0.29, 0.717) is 0 Å². The van der Waals surface area contributed by atoms with Gasteiger partial charge in [-0.15, -0.1) is 0 Å². The van der Waals surface area contributed by atoms with Crippen molar-refractivity contribution in [3.63, 3.8) is 0 Å². The summed E-state index contributed by atoms with van der Waals surface area (Å²) in [4.78, 5) is 10.4. The molecule has 42 heavy (non-hydrogen) atoms. The molecule has 0 spiro atoms. The Balaban J connectivity index is 1.50. The molecule has 4 aromatic carbocycles. The highest BCUT2D eigenvalue weighted by Gasteiger charge is 2.21. The van der Waals surface area contributed by atoms with Gasteiger partial charge in [0.2, 0.25) is 0 Å². The minimum absolute atomic E-state index is 0.290. The molecule has 3 heteroatoms. The van der Waals surface area contributed by atoms with Crippen molar-refractivity contribution >= 4 is 10.8 Å². The number of fused-ring (bicyclic) bond motifs is 1. The number of rotatable bonds is 14. The van der Waals surface area contributed by atoms with Gasteiger partial charge < -0.3 is 4.90 Å². The quantitative estimate of drug-likeness (QED) is 0.127. The van der Waals surface area contributed by atoms with E-state index in [4.69, 9.17) is 4.98 Å². The van der Waals surface area contributed by atoms with Crippen LogP contribution in [-0.4, -0.2) is 41.0 Å². The fraction of sp³-hybridized carbons (Fsp3) is 0.308. The highest BCUT2D eigenvalue weighted by Crippen LogP contribution is 2.33. The van der Waals surface area contributed by atoms with Crippen LogP contribution in [0.25, 0.3) is 33.3 Å². The van der Waals surface area contributed by atoms with E-state index >= 15 is 0 Å². The van der Waals surface area contributed by atoms with E-state index in [-0.39, 0.29) is 6.04 Å². The Bertz CT molecular complexity index is 1470. The van der Waals surface area contributed by atoms with Gasteiger partial charge in [0.25, 0.3) is 0 Å². The lowest BCUT2D eigenvalue weighted by molar-refractivity contribution is 0.175. The molecule has 0 aliphatic rings. The van der Waals surface area contributed by atoms with Crippen LogP contribution in [0, 0.1) is 0 Å². The molecule has 0 fully saturated rings. The predicted molar refractivity (Wildman–Crippen MR) is 180 cm³/mol. The predicted octanol–water partition coefficient (Wildman–Crippen LogP) is 9.64. The molecule has 0 radical (unpaired) electrons. The SMILES string of the molecule is CCC(c1cc(-c2ccccc2)nc(-c2ccccc2)c1)N(CCCCN(CC)CC)Cc1ccc2ccccc2c1. The first kappa shape index (κ1) is 29.7. The first-order valence-corrected chi connectivity index (χ1v) is 15.7. The van der Waals surface area contributed by atoms with Crippen molar-refractivity contribution in [3.05, 3.63) is 126 Å². The summed E-state index contributed by atoms with van der Waals surface area (Å²) in [5.41, 5.74) is 7.11. The molecule has 0 saturated heterocycles. The highest BCUT2D eigenvalue weighted by molar-refractivity contribution is 5.83. The zero-order chi connectivity index (χ0) is 29.1. The van der Waals surface area contributed by atoms with E-state index in [1.807, 2.05) is 0 Å². The molecule has 0 aliphatic carbocycles. The molecule has 5 rings (SSSR count). The average molecular weight is 556 g/mol. The Hall–Kier alpha value is -3.79. The number of hydrogen-bond donors (Lipinski definition) is 0. The number of unbranched alkanes of at least 4 members (excludes halogenated alkanes) is 1. The minimum Gasteiger partial charge on any atom is -0.304 e. The summed E-state index contributed by atoms with van der Waals surface area (Å²) in [7, 11) is 0. The standard InChI is InChI=1S/C39H45N3/c1-4-39(36-28-37(33-18-9-7-10-19-33)40-38(29-36)34-20-11-8-12-21-34)42(26-16-15-25-41(5-2)6-3)30-31-23-24-32-17-13-14-22-35(32)27-31/h7-14,17-24,27-29,39H,4-6,15-16,25-26,30H2,1-3H3. The molecular weight excluding hydrogens is 510 g/mol. The second kappa shape index (κ2) is 14.9. The molecule has 1 heterocycles. The Kier molecular flexibility index (Phi) is 10.5. The molecule has 0 bridgehead atoms. The number of aromatic nitrogens is 1. The first-order valence-electron chi connectivity index (χ1n) is 15.7. The van der Waals surface area contributed by atoms with Gasteiger partial charge >= 0.3 is 0 Å². The van der Waals surface area contributed by atoms with Gasteiger partial charge in [0, 0.05) is 23.7 Å². The van der Waals surface area contributed by atoms with Crippen LogP contribution < -0.4 is 0 Å². The van der Waals surface area contributed by atoms with Crippen LogP contribution in [0.15, 0.2) is 115 Å². The van der Waals surface area contributed by atoms with E-state index in [2.05, 4.69) is 146 Å². The third-order valence-corrected chi connectivity index (χ3v) is 8.46. The lowest BCUT2D eigenvalue weighted by atomic mass is 9.97. The number of benzene rings is 4. The zero-order valence-corrected chi connectivity index (χ0v) is 25.5. The van der Waals surface area contributed by atoms with Gasteiger partial charge in [0.1, 0.15) is 0 Å². The van der Waals surface area contributed by atoms with Crippen molar-refractivity contribution in [1.29, 1.82) is 0 Å². The van der Waals surface area contributed by atoms with Gasteiger partial charge in [0.05, 0.1) is 11.4 Å². The Labute approximate surface area is 252 Å². The maximum Gasteiger partial charge on any atom is 0.0712 e. The molecule has 0 amide bonds. The maximum atomic E-state index is 5.16. The van der Waals surface area contributed by atoms with E-state index in [0.717, 1.165) is 55.1 Å². The Morgan fingerprint density at radius 2 is 1.17 bits per heavy atom. The average Bonchev–Trinajstić information content (AvgIpc) is 3.05. The van der Waals surface area contributed by atoms with Gasteiger partial charge in [-0.25, -0.2) is 4.98 Å². The lowest BCUT2D eigenvalue weighted by Gasteiger charge is -2.32. The molecule has 0 saturated carbocycles. The lowest BCUT2D eigenvalue weighted by Crippen LogP contribution is -2.30. The summed E-state index contributed by atoms with van der Waals surface area (Å²) in [6.07, 6.45) is 3.44. The third-order valence-electron chi connectivity index (χ3n) is 8.46. The van der Waals surface area contributed by atoms with E-state index in [1.54, 1.807) is 0 Å². The van der Waals surface area contributed by atoms with Gasteiger partial charge in [-0.05, 0) is 85.5 Å². The molecule has 5 aromatic rings. The van der Waals surface area contributed by atoms with Crippen molar-refractivity contribution < 1.29 is 0 Å². The molecular formula is C39H45N3. The van der Waals surface area contributed by atoms with Crippen LogP contribution in [-0.2, 0) is 6.54 Å². The van der Waals surface area contributed by atoms with Crippen LogP contribution in [0.5, 0.6) is 0 Å². The number of pyridine rings is 1. The summed E-state index contributed by atoms with van der Waals surface area (Å²) >= 11 is 0. The van der Waals surface area contributed by atoms with Crippen LogP contribution >= 0.6 is 0 Å². The zero-order valence-electron chi connectivity index (χ0n) is 25.5. The van der Waals surface area contributed by atoms with Crippen molar-refractivity contribution in [2.75, 3.05) is 26.2 Å². The monoisotopic (exact) mass is 555 g/mol. The topological polar surface area (TPSA) is 19.4 Å². The van der Waals surface area contributed by atoms with Crippen LogP contribution in [0.3, 0.4) is 0 Å². The van der Waals surface area contributed by atoms with Crippen molar-refractivity contribution in [1.82, 2.24) is 14.8 Å². The second-order valence-electron chi connectivity index (χ2n) is 11.2. The normalized spacial score (nSPS) is 12.3. The Morgan fingerprint density at radius 1 is 0.595 bits per heavy atom. The first-order chi connectivity index (χ1) is 20.7. The fourth-order valence-electron chi connectivity index (χ4n) is 6.07. The molecule has 216 valence electrons. The minimum atomic E-state index is 0.290. The number of nitrogens with zero attached hydrogens (tertiary/aromatic N) is 3. The summed E-state index contributed by atoms with van der Waals surface area (Å²) in [6.45, 7) is 12.3. The molecule has 1 aromatic heterocycles. The van der Waals surface area contributed by atoms with Gasteiger partial charge in [-0.2, -0.15) is 0 Å². The van der Waals surface area contributed by atoms with Crippen LogP contribution in [0.4, 0.5) is 0 Å². The van der Waals surface area contributed by atoms with Gasteiger partial charge in [0.15, 0.2) is 0 Å². The second-order valence-corrected chi connectivity index (χ2v) is 11.2. The smallest absolute Gasteiger partial charge is 0.0712 e.